The van der Waals surface area contributed by atoms with E-state index in [0.29, 0.717) is 0 Å². The smallest absolute Gasteiger partial charge is 0.790 e. The van der Waals surface area contributed by atoms with Crippen LogP contribution in [-0.4, -0.2) is 31.3 Å². The summed E-state index contributed by atoms with van der Waals surface area (Å²) in [7, 11) is -5.40. The molecule has 0 aliphatic rings. The van der Waals surface area contributed by atoms with Gasteiger partial charge in [0.1, 0.15) is 6.61 Å². The molecule has 0 aliphatic carbocycles. The Kier molecular flexibility index (Phi) is 32.1. The predicted octanol–water partition coefficient (Wildman–Crippen LogP) is -2.94. The summed E-state index contributed by atoms with van der Waals surface area (Å²) >= 11 is 0. The Bertz CT molecular complexity index is 1690. The zero-order valence-electron chi connectivity index (χ0n) is 21.5. The van der Waals surface area contributed by atoms with E-state index in [1.807, 2.05) is 11.8 Å². The van der Waals surface area contributed by atoms with E-state index in [-0.39, 0.29) is 93.8 Å². The third-order valence-corrected chi connectivity index (χ3v) is 3.02. The van der Waals surface area contributed by atoms with Gasteiger partial charge in [0.05, 0.1) is 14.4 Å². The van der Waals surface area contributed by atoms with Gasteiger partial charge in [0.25, 0.3) is 0 Å². The first kappa shape index (κ1) is 43.2. The minimum Gasteiger partial charge on any atom is -0.790 e. The van der Waals surface area contributed by atoms with Gasteiger partial charge in [-0.3, -0.25) is 0 Å². The van der Waals surface area contributed by atoms with Gasteiger partial charge in [-0.2, -0.15) is 0 Å². The summed E-state index contributed by atoms with van der Waals surface area (Å²) in [6, 6.07) is 0. The molecule has 0 radical (unpaired) electrons. The molecule has 0 spiro atoms. The van der Waals surface area contributed by atoms with Crippen molar-refractivity contribution in [2.24, 2.45) is 0 Å². The Balaban J connectivity index is -0.0000000256. The van der Waals surface area contributed by atoms with Crippen LogP contribution in [0.5, 0.6) is 0 Å². The van der Waals surface area contributed by atoms with Crippen LogP contribution in [0.15, 0.2) is 0 Å². The van der Waals surface area contributed by atoms with Crippen LogP contribution in [0.4, 0.5) is 0 Å². The summed E-state index contributed by atoms with van der Waals surface area (Å²) < 4.78 is 24.2. The fourth-order valence-corrected chi connectivity index (χ4v) is 1.69. The van der Waals surface area contributed by atoms with Crippen molar-refractivity contribution >= 4 is 19.8 Å². The molecule has 0 amide bonds. The van der Waals surface area contributed by atoms with E-state index < -0.39 is 39.1 Å². The van der Waals surface area contributed by atoms with E-state index in [1.165, 1.54) is 0 Å². The van der Waals surface area contributed by atoms with Crippen LogP contribution < -0.4 is 75.1 Å². The van der Waals surface area contributed by atoms with Gasteiger partial charge in [0.2, 0.25) is 0 Å². The maximum atomic E-state index is 11.7. The third-order valence-electron chi connectivity index (χ3n) is 2.56. The standard InChI is InChI=1S/C28H11O8P.H3N.2Na.20H2/c1-3-5-7-9-11-12-13-14-15-17-18-20-22-27(29)34-24-26(25-35-37(31,32)33)36-28(30)23-21-19-16-10-8-6-4-2;;;;;;;;;;;;;;;;;;;;;;;/h1,26H,24-25H2,2H3,(H2,31,32,33);1H3;;;20*1H/q;;2*+1;;;;;;;;;;;;;;;;;;;;/p-2/t26-;;;;;;;;;;;;;;;;;;;;;;;/m1......................./s1. The van der Waals surface area contributed by atoms with E-state index in [0.717, 1.165) is 0 Å². The number of carbonyl (C=O) groups excluding carboxylic acids is 2. The topological polar surface area (TPSA) is 160 Å². The van der Waals surface area contributed by atoms with Crippen LogP contribution in [0.25, 0.3) is 0 Å². The summed E-state index contributed by atoms with van der Waals surface area (Å²) in [6.45, 7) is -0.0465. The number of terminal acetylenes is 1. The van der Waals surface area contributed by atoms with Crippen LogP contribution in [0.2, 0.25) is 0 Å². The van der Waals surface area contributed by atoms with Gasteiger partial charge < -0.3 is 34.5 Å². The maximum absolute atomic E-state index is 11.7. The van der Waals surface area contributed by atoms with Gasteiger partial charge in [0, 0.05) is 40.4 Å². The van der Waals surface area contributed by atoms with Crippen molar-refractivity contribution in [2.75, 3.05) is 13.2 Å². The Morgan fingerprint density at radius 1 is 0.725 bits per heavy atom. The summed E-state index contributed by atoms with van der Waals surface area (Å²) in [6.07, 6.45) is 3.41. The van der Waals surface area contributed by atoms with Gasteiger partial charge in [-0.05, 0) is 113 Å². The average molecular weight is 608 g/mol. The number of phosphoric acid groups is 1. The molecule has 0 fully saturated rings. The molecule has 9 nitrogen and oxygen atoms in total. The van der Waals surface area contributed by atoms with E-state index in [4.69, 9.17) is 15.9 Å². The second-order valence-corrected chi connectivity index (χ2v) is 6.29. The maximum Gasteiger partial charge on any atom is 1.00 e. The zero-order chi connectivity index (χ0) is 27.6. The first-order valence-corrected chi connectivity index (χ1v) is 10.7. The Morgan fingerprint density at radius 2 is 1.12 bits per heavy atom. The second kappa shape index (κ2) is 29.7. The first-order valence-electron chi connectivity index (χ1n) is 9.22. The number of phosphoric ester groups is 1. The molecule has 1 atom stereocenters. The predicted molar refractivity (Wildman–Crippen MR) is 174 cm³/mol. The summed E-state index contributed by atoms with van der Waals surface area (Å²) in [5, 5.41) is 0. The van der Waals surface area contributed by atoms with E-state index in [9.17, 15) is 23.9 Å². The first-order chi connectivity index (χ1) is 17.8. The molecule has 0 bridgehead atoms. The minimum atomic E-state index is -5.40. The van der Waals surface area contributed by atoms with E-state index in [1.54, 1.807) is 6.92 Å². The van der Waals surface area contributed by atoms with Crippen molar-refractivity contribution in [3.05, 3.63) is 0 Å². The molecule has 3 N–H and O–H groups in total. The number of esters is 2. The monoisotopic (exact) mass is 607 g/mol. The molecule has 0 aromatic rings. The van der Waals surface area contributed by atoms with Gasteiger partial charge >= 0.3 is 71.1 Å². The molecule has 0 aromatic heterocycles. The van der Waals surface area contributed by atoms with Crippen LogP contribution in [0.1, 0.15) is 35.5 Å². The molecule has 0 aliphatic heterocycles. The molecule has 40 heavy (non-hydrogen) atoms. The number of ether oxygens (including phenoxy) is 2. The quantitative estimate of drug-likeness (QED) is 0.110. The van der Waals surface area contributed by atoms with Crippen LogP contribution >= 0.6 is 7.82 Å². The Hall–Kier alpha value is -3.83. The summed E-state index contributed by atoms with van der Waals surface area (Å²) in [4.78, 5) is 44.7. The molecule has 224 valence electrons. The van der Waals surface area contributed by atoms with Crippen molar-refractivity contribution in [3.8, 4) is 131 Å². The van der Waals surface area contributed by atoms with Crippen molar-refractivity contribution in [1.82, 2.24) is 6.15 Å². The molecular weight excluding hydrogens is 555 g/mol. The van der Waals surface area contributed by atoms with Crippen molar-refractivity contribution < 1.29 is 126 Å². The van der Waals surface area contributed by atoms with Gasteiger partial charge in [-0.15, -0.1) is 6.42 Å². The Morgan fingerprint density at radius 3 is 1.55 bits per heavy atom. The second-order valence-electron chi connectivity index (χ2n) is 5.14. The van der Waals surface area contributed by atoms with Crippen molar-refractivity contribution in [1.29, 1.82) is 0 Å². The van der Waals surface area contributed by atoms with Crippen molar-refractivity contribution in [2.45, 2.75) is 13.0 Å². The molecule has 0 saturated carbocycles. The fourth-order valence-electron chi connectivity index (χ4n) is 1.35. The molecule has 12 heteroatoms. The fraction of sp³-hybridized carbons (Fsp3) is 0.143. The summed E-state index contributed by atoms with van der Waals surface area (Å²) in [5.41, 5.74) is 0. The number of hydrogen-bond donors (Lipinski definition) is 1. The zero-order valence-corrected chi connectivity index (χ0v) is 26.4. The van der Waals surface area contributed by atoms with Gasteiger partial charge in [0.15, 0.2) is 6.10 Å². The van der Waals surface area contributed by atoms with Crippen LogP contribution in [0, 0.1) is 131 Å². The number of hydrogen-bond acceptors (Lipinski definition) is 9. The van der Waals surface area contributed by atoms with E-state index >= 15 is 0 Å². The molecule has 0 rings (SSSR count). The Labute approximate surface area is 307 Å². The third kappa shape index (κ3) is 32.2. The normalized spacial score (nSPS) is 7.25. The van der Waals surface area contributed by atoms with Crippen LogP contribution in [0.3, 0.4) is 0 Å². The van der Waals surface area contributed by atoms with E-state index in [2.05, 4.69) is 117 Å². The van der Waals surface area contributed by atoms with Gasteiger partial charge in [-0.25, -0.2) is 9.59 Å². The number of carbonyl (C=O) groups is 2. The SMILES string of the molecule is C#CC#CC#CC#CC#CC#CC#CC(=O)OC[C@H](COP(=O)([O-])[O-])OC(=O)C#CC#CC#CC#CC.N.[HH].[HH].[HH].[HH].[HH].[HH].[HH].[HH].[HH].[HH].[HH].[HH].[HH].[HH].[HH].[HH].[HH].[HH].[HH].[HH].[Na+].[Na+]. The minimum absolute atomic E-state index is 0. The average Bonchev–Trinajstić information content (AvgIpc) is 2.85. The van der Waals surface area contributed by atoms with Crippen LogP contribution in [-0.2, 0) is 28.2 Å². The summed E-state index contributed by atoms with van der Waals surface area (Å²) in [5.74, 6) is 45.6. The molecule has 0 aromatic carbocycles. The molecule has 0 heterocycles. The number of rotatable bonds is 6. The molecular formula is C28H52NNa2O8P. The molecule has 0 saturated heterocycles. The molecule has 0 unspecified atom stereocenters. The van der Waals surface area contributed by atoms with Crippen molar-refractivity contribution in [3.63, 3.8) is 0 Å². The largest absolute Gasteiger partial charge is 1.00 e. The van der Waals surface area contributed by atoms with Gasteiger partial charge in [-0.1, -0.05) is 5.92 Å².